The van der Waals surface area contributed by atoms with E-state index in [1.54, 1.807) is 29.9 Å². The molecular weight excluding hydrogens is 232 g/mol. The summed E-state index contributed by atoms with van der Waals surface area (Å²) < 4.78 is 0. The van der Waals surface area contributed by atoms with E-state index < -0.39 is 0 Å². The average molecular weight is 239 g/mol. The lowest BCUT2D eigenvalue weighted by molar-refractivity contribution is 1.14. The number of pyridine rings is 1. The molecule has 3 rings (SSSR count). The van der Waals surface area contributed by atoms with Gasteiger partial charge in [0.05, 0.1) is 11.3 Å². The molecule has 1 radical (unpaired) electrons. The van der Waals surface area contributed by atoms with E-state index in [9.17, 15) is 0 Å². The molecule has 0 aliphatic carbocycles. The lowest BCUT2D eigenvalue weighted by atomic mass is 10.2. The smallest absolute Gasteiger partial charge is 0.198 e. The Balaban J connectivity index is 2.18. The fourth-order valence-corrected chi connectivity index (χ4v) is 2.15. The zero-order valence-corrected chi connectivity index (χ0v) is 9.56. The van der Waals surface area contributed by atoms with Crippen molar-refractivity contribution in [1.82, 2.24) is 19.9 Å². The van der Waals surface area contributed by atoms with Crippen molar-refractivity contribution in [2.24, 2.45) is 0 Å². The zero-order valence-electron chi connectivity index (χ0n) is 8.74. The highest BCUT2D eigenvalue weighted by molar-refractivity contribution is 7.13. The molecule has 0 fully saturated rings. The molecule has 0 spiro atoms. The maximum Gasteiger partial charge on any atom is 0.198 e. The van der Waals surface area contributed by atoms with Gasteiger partial charge < -0.3 is 0 Å². The fourth-order valence-electron chi connectivity index (χ4n) is 1.50. The van der Waals surface area contributed by atoms with E-state index in [-0.39, 0.29) is 0 Å². The van der Waals surface area contributed by atoms with Gasteiger partial charge in [0.25, 0.3) is 0 Å². The summed E-state index contributed by atoms with van der Waals surface area (Å²) in [5, 5.41) is 2.81. The van der Waals surface area contributed by atoms with Crippen LogP contribution in [0.25, 0.3) is 22.0 Å². The molecule has 0 saturated carbocycles. The zero-order chi connectivity index (χ0) is 11.5. The molecule has 0 amide bonds. The largest absolute Gasteiger partial charge is 0.255 e. The van der Waals surface area contributed by atoms with Gasteiger partial charge in [-0.1, -0.05) is 6.07 Å². The molecule has 0 aromatic carbocycles. The third-order valence-corrected chi connectivity index (χ3v) is 3.04. The summed E-state index contributed by atoms with van der Waals surface area (Å²) in [6.45, 7) is 0. The third kappa shape index (κ3) is 1.92. The molecule has 0 aliphatic heterocycles. The number of thiazole rings is 1. The normalized spacial score (nSPS) is 10.4. The van der Waals surface area contributed by atoms with Gasteiger partial charge in [0.1, 0.15) is 10.7 Å². The quantitative estimate of drug-likeness (QED) is 0.689. The van der Waals surface area contributed by atoms with E-state index >= 15 is 0 Å². The molecule has 0 bridgehead atoms. The Morgan fingerprint density at radius 1 is 1.12 bits per heavy atom. The molecule has 3 aromatic rings. The maximum absolute atomic E-state index is 4.29. The van der Waals surface area contributed by atoms with Crippen LogP contribution in [0.5, 0.6) is 0 Å². The summed E-state index contributed by atoms with van der Waals surface area (Å²) in [5.74, 6) is 0. The van der Waals surface area contributed by atoms with Crippen molar-refractivity contribution in [1.29, 1.82) is 0 Å². The van der Waals surface area contributed by atoms with E-state index in [1.165, 1.54) is 0 Å². The first kappa shape index (κ1) is 10.0. The van der Waals surface area contributed by atoms with Crippen LogP contribution < -0.4 is 0 Å². The van der Waals surface area contributed by atoms with Crippen LogP contribution in [0.3, 0.4) is 0 Å². The number of aromatic nitrogens is 4. The molecule has 17 heavy (non-hydrogen) atoms. The van der Waals surface area contributed by atoms with Crippen LogP contribution in [0.15, 0.2) is 42.2 Å². The first-order valence-corrected chi connectivity index (χ1v) is 5.87. The van der Waals surface area contributed by atoms with E-state index in [4.69, 9.17) is 0 Å². The van der Waals surface area contributed by atoms with Crippen molar-refractivity contribution in [2.45, 2.75) is 0 Å². The summed E-state index contributed by atoms with van der Waals surface area (Å²) >= 11 is 1.55. The summed E-state index contributed by atoms with van der Waals surface area (Å²) in [4.78, 5) is 16.7. The first-order valence-electron chi connectivity index (χ1n) is 4.99. The predicted molar refractivity (Wildman–Crippen MR) is 65.2 cm³/mol. The monoisotopic (exact) mass is 239 g/mol. The van der Waals surface area contributed by atoms with Crippen molar-refractivity contribution in [3.8, 4) is 22.0 Å². The highest BCUT2D eigenvalue weighted by atomic mass is 32.1. The van der Waals surface area contributed by atoms with E-state index in [0.29, 0.717) is 0 Å². The second-order valence-electron chi connectivity index (χ2n) is 3.28. The fraction of sp³-hybridized carbons (Fsp3) is 0. The Morgan fingerprint density at radius 2 is 2.12 bits per heavy atom. The highest BCUT2D eigenvalue weighted by Gasteiger charge is 2.11. The Bertz CT molecular complexity index is 607. The van der Waals surface area contributed by atoms with Crippen molar-refractivity contribution >= 4 is 11.3 Å². The number of rotatable bonds is 2. The van der Waals surface area contributed by atoms with E-state index in [1.807, 2.05) is 23.6 Å². The second-order valence-corrected chi connectivity index (χ2v) is 4.18. The Morgan fingerprint density at radius 3 is 2.88 bits per heavy atom. The molecular formula is C12H7N4S. The Kier molecular flexibility index (Phi) is 2.59. The van der Waals surface area contributed by atoms with Gasteiger partial charge >= 0.3 is 0 Å². The van der Waals surface area contributed by atoms with Crippen LogP contribution in [0.1, 0.15) is 0 Å². The lowest BCUT2D eigenvalue weighted by Gasteiger charge is -2.03. The maximum atomic E-state index is 4.29. The Labute approximate surface area is 102 Å². The number of nitrogens with zero attached hydrogens (tertiary/aromatic N) is 4. The van der Waals surface area contributed by atoms with Crippen molar-refractivity contribution in [2.75, 3.05) is 0 Å². The molecule has 0 atom stereocenters. The summed E-state index contributed by atoms with van der Waals surface area (Å²) in [5.41, 5.74) is 2.45. The SMILES string of the molecule is [c]1ncc(-c2nccs2)c(-c2ccccn2)n1. The second kappa shape index (κ2) is 4.39. The van der Waals surface area contributed by atoms with Gasteiger partial charge in [-0.3, -0.25) is 4.98 Å². The average Bonchev–Trinajstić information content (AvgIpc) is 2.94. The highest BCUT2D eigenvalue weighted by Crippen LogP contribution is 2.29. The van der Waals surface area contributed by atoms with Gasteiger partial charge in [0.2, 0.25) is 0 Å². The molecule has 0 N–H and O–H groups in total. The van der Waals surface area contributed by atoms with Crippen molar-refractivity contribution in [3.63, 3.8) is 0 Å². The van der Waals surface area contributed by atoms with Crippen LogP contribution in [0, 0.1) is 6.33 Å². The van der Waals surface area contributed by atoms with Crippen LogP contribution >= 0.6 is 11.3 Å². The van der Waals surface area contributed by atoms with Gasteiger partial charge in [-0.15, -0.1) is 11.3 Å². The van der Waals surface area contributed by atoms with Gasteiger partial charge in [0, 0.05) is 24.0 Å². The molecule has 0 saturated heterocycles. The minimum absolute atomic E-state index is 0.760. The van der Waals surface area contributed by atoms with Crippen LogP contribution in [0.4, 0.5) is 0 Å². The molecule has 0 unspecified atom stereocenters. The molecule has 81 valence electrons. The summed E-state index contributed by atoms with van der Waals surface area (Å²) in [6.07, 6.45) is 7.82. The van der Waals surface area contributed by atoms with Crippen LogP contribution in [-0.2, 0) is 0 Å². The van der Waals surface area contributed by atoms with Gasteiger partial charge in [-0.25, -0.2) is 15.0 Å². The van der Waals surface area contributed by atoms with Gasteiger partial charge in [-0.2, -0.15) is 0 Å². The molecule has 0 aliphatic rings. The molecule has 3 heterocycles. The van der Waals surface area contributed by atoms with Crippen molar-refractivity contribution < 1.29 is 0 Å². The van der Waals surface area contributed by atoms with Gasteiger partial charge in [-0.05, 0) is 12.1 Å². The summed E-state index contributed by atoms with van der Waals surface area (Å²) in [6, 6.07) is 5.71. The molecule has 5 heteroatoms. The predicted octanol–water partition coefficient (Wildman–Crippen LogP) is 2.46. The molecule has 3 aromatic heterocycles. The topological polar surface area (TPSA) is 51.6 Å². The Hall–Kier alpha value is -2.14. The van der Waals surface area contributed by atoms with Crippen molar-refractivity contribution in [3.05, 3.63) is 48.5 Å². The molecule has 4 nitrogen and oxygen atoms in total. The number of hydrogen-bond donors (Lipinski definition) is 0. The minimum Gasteiger partial charge on any atom is -0.255 e. The van der Waals surface area contributed by atoms with Crippen LogP contribution in [-0.4, -0.2) is 19.9 Å². The van der Waals surface area contributed by atoms with E-state index in [2.05, 4.69) is 26.3 Å². The lowest BCUT2D eigenvalue weighted by Crippen LogP contribution is -1.92. The first-order chi connectivity index (χ1) is 8.45. The third-order valence-electron chi connectivity index (χ3n) is 2.24. The minimum atomic E-state index is 0.760. The van der Waals surface area contributed by atoms with Crippen LogP contribution in [0.2, 0.25) is 0 Å². The van der Waals surface area contributed by atoms with E-state index in [0.717, 1.165) is 22.0 Å². The standard InChI is InChI=1S/C12H7N4S/c1-2-4-14-10(3-1)11-9(7-13-8-16-11)12-15-5-6-17-12/h1-7H. The van der Waals surface area contributed by atoms with Gasteiger partial charge in [0.15, 0.2) is 6.33 Å². The number of hydrogen-bond acceptors (Lipinski definition) is 5. The summed E-state index contributed by atoms with van der Waals surface area (Å²) in [7, 11) is 0.